The van der Waals surface area contributed by atoms with Gasteiger partial charge < -0.3 is 9.84 Å². The largest absolute Gasteiger partial charge is 0.390 e. The molecule has 2 unspecified atom stereocenters. The summed E-state index contributed by atoms with van der Waals surface area (Å²) in [7, 11) is 2.42. The van der Waals surface area contributed by atoms with E-state index in [9.17, 15) is 13.9 Å². The Morgan fingerprint density at radius 2 is 2.27 bits per heavy atom. The molecule has 1 saturated heterocycles. The molecule has 9 heteroatoms. The fourth-order valence-corrected chi connectivity index (χ4v) is 5.58. The zero-order valence-corrected chi connectivity index (χ0v) is 15.9. The number of aliphatic hydroxyl groups excluding tert-OH is 1. The molecule has 5 nitrogen and oxygen atoms in total. The SMILES string of the molecule is C[C@H](CC1CCCO1)[C@@H](O)C(SSc1ccc(F)cc1F)n1cncn1. The van der Waals surface area contributed by atoms with E-state index in [1.807, 2.05) is 6.92 Å². The molecule has 0 radical (unpaired) electrons. The highest BCUT2D eigenvalue weighted by Crippen LogP contribution is 2.44. The van der Waals surface area contributed by atoms with E-state index >= 15 is 0 Å². The Bertz CT molecular complexity index is 699. The van der Waals surface area contributed by atoms with E-state index in [-0.39, 0.29) is 12.0 Å². The van der Waals surface area contributed by atoms with E-state index < -0.39 is 23.1 Å². The second-order valence-electron chi connectivity index (χ2n) is 6.36. The van der Waals surface area contributed by atoms with Crippen molar-refractivity contribution in [3.8, 4) is 0 Å². The van der Waals surface area contributed by atoms with Crippen molar-refractivity contribution in [2.75, 3.05) is 6.61 Å². The van der Waals surface area contributed by atoms with Crippen molar-refractivity contribution >= 4 is 21.6 Å². The van der Waals surface area contributed by atoms with Gasteiger partial charge in [0.15, 0.2) is 0 Å². The lowest BCUT2D eigenvalue weighted by Gasteiger charge is -2.28. The molecule has 2 heterocycles. The van der Waals surface area contributed by atoms with Crippen LogP contribution in [-0.2, 0) is 4.74 Å². The predicted molar refractivity (Wildman–Crippen MR) is 97.6 cm³/mol. The van der Waals surface area contributed by atoms with Crippen LogP contribution in [0.3, 0.4) is 0 Å². The van der Waals surface area contributed by atoms with Crippen molar-refractivity contribution in [3.63, 3.8) is 0 Å². The molecule has 0 aliphatic carbocycles. The summed E-state index contributed by atoms with van der Waals surface area (Å²) in [6, 6.07) is 3.46. The average molecular weight is 402 g/mol. The minimum absolute atomic E-state index is 0.0292. The number of ether oxygens (including phenoxy) is 1. The first kappa shape index (κ1) is 19.6. The molecule has 142 valence electrons. The molecule has 0 spiro atoms. The second-order valence-corrected chi connectivity index (χ2v) is 8.72. The Kier molecular flexibility index (Phi) is 6.91. The monoisotopic (exact) mass is 401 g/mol. The van der Waals surface area contributed by atoms with Gasteiger partial charge in [0.25, 0.3) is 0 Å². The van der Waals surface area contributed by atoms with Crippen molar-refractivity contribution in [2.45, 2.75) is 48.7 Å². The predicted octanol–water partition coefficient (Wildman–Crippen LogP) is 4.06. The molecular formula is C17H21F2N3O2S2. The molecule has 1 aromatic carbocycles. The summed E-state index contributed by atoms with van der Waals surface area (Å²) in [5.74, 6) is -1.27. The Labute approximate surface area is 158 Å². The van der Waals surface area contributed by atoms with Gasteiger partial charge in [-0.3, -0.25) is 0 Å². The average Bonchev–Trinajstić information content (AvgIpc) is 3.30. The van der Waals surface area contributed by atoms with Crippen molar-refractivity contribution in [3.05, 3.63) is 42.5 Å². The van der Waals surface area contributed by atoms with E-state index in [2.05, 4.69) is 10.1 Å². The number of hydrogen-bond acceptors (Lipinski definition) is 6. The van der Waals surface area contributed by atoms with Gasteiger partial charge in [0, 0.05) is 12.7 Å². The van der Waals surface area contributed by atoms with E-state index in [1.165, 1.54) is 35.6 Å². The summed E-state index contributed by atoms with van der Waals surface area (Å²) >= 11 is 0. The van der Waals surface area contributed by atoms with Crippen molar-refractivity contribution in [1.82, 2.24) is 14.8 Å². The topological polar surface area (TPSA) is 60.2 Å². The fourth-order valence-electron chi connectivity index (χ4n) is 2.92. The minimum atomic E-state index is -0.720. The number of halogens is 2. The maximum atomic E-state index is 13.9. The maximum Gasteiger partial charge on any atom is 0.140 e. The number of benzene rings is 1. The van der Waals surface area contributed by atoms with Gasteiger partial charge in [-0.15, -0.1) is 0 Å². The molecule has 1 aliphatic rings. The van der Waals surface area contributed by atoms with E-state index in [1.54, 1.807) is 4.68 Å². The van der Waals surface area contributed by atoms with Gasteiger partial charge in [0.1, 0.15) is 29.7 Å². The van der Waals surface area contributed by atoms with Gasteiger partial charge in [0.2, 0.25) is 0 Å². The van der Waals surface area contributed by atoms with Crippen LogP contribution in [0.1, 0.15) is 31.6 Å². The third kappa shape index (κ3) is 4.97. The summed E-state index contributed by atoms with van der Waals surface area (Å²) in [5, 5.41) is 14.5. The van der Waals surface area contributed by atoms with Crippen LogP contribution in [0.2, 0.25) is 0 Å². The summed E-state index contributed by atoms with van der Waals surface area (Å²) in [6.45, 7) is 2.74. The first-order chi connectivity index (χ1) is 12.5. The third-order valence-electron chi connectivity index (χ3n) is 4.36. The Hall–Kier alpha value is -1.16. The van der Waals surface area contributed by atoms with Crippen LogP contribution in [0.25, 0.3) is 0 Å². The van der Waals surface area contributed by atoms with Gasteiger partial charge in [-0.2, -0.15) is 5.10 Å². The summed E-state index contributed by atoms with van der Waals surface area (Å²) in [5.41, 5.74) is 0. The second kappa shape index (κ2) is 9.16. The lowest BCUT2D eigenvalue weighted by Crippen LogP contribution is -2.30. The Morgan fingerprint density at radius 3 is 2.92 bits per heavy atom. The van der Waals surface area contributed by atoms with E-state index in [4.69, 9.17) is 4.74 Å². The van der Waals surface area contributed by atoms with Crippen LogP contribution in [-0.4, -0.2) is 38.7 Å². The summed E-state index contributed by atoms with van der Waals surface area (Å²) in [4.78, 5) is 4.25. The molecular weight excluding hydrogens is 380 g/mol. The van der Waals surface area contributed by atoms with Crippen molar-refractivity contribution < 1.29 is 18.6 Å². The van der Waals surface area contributed by atoms with Crippen LogP contribution in [0.5, 0.6) is 0 Å². The van der Waals surface area contributed by atoms with E-state index in [0.29, 0.717) is 4.90 Å². The number of aromatic nitrogens is 3. The maximum absolute atomic E-state index is 13.9. The molecule has 4 atom stereocenters. The highest BCUT2D eigenvalue weighted by molar-refractivity contribution is 8.76. The Morgan fingerprint density at radius 1 is 1.42 bits per heavy atom. The van der Waals surface area contributed by atoms with Crippen LogP contribution in [0.15, 0.2) is 35.7 Å². The zero-order valence-electron chi connectivity index (χ0n) is 14.3. The fraction of sp³-hybridized carbons (Fsp3) is 0.529. The van der Waals surface area contributed by atoms with Gasteiger partial charge in [-0.1, -0.05) is 28.5 Å². The number of aliphatic hydroxyl groups is 1. The van der Waals surface area contributed by atoms with Gasteiger partial charge in [-0.25, -0.2) is 18.4 Å². The number of nitrogens with zero attached hydrogens (tertiary/aromatic N) is 3. The summed E-state index contributed by atoms with van der Waals surface area (Å²) in [6.07, 6.45) is 5.19. The van der Waals surface area contributed by atoms with Crippen molar-refractivity contribution in [1.29, 1.82) is 0 Å². The molecule has 1 N–H and O–H groups in total. The molecule has 1 aliphatic heterocycles. The third-order valence-corrected chi connectivity index (χ3v) is 7.08. The van der Waals surface area contributed by atoms with Crippen LogP contribution in [0, 0.1) is 17.6 Å². The zero-order chi connectivity index (χ0) is 18.5. The quantitative estimate of drug-likeness (QED) is 0.673. The summed E-state index contributed by atoms with van der Waals surface area (Å²) < 4.78 is 34.2. The van der Waals surface area contributed by atoms with Gasteiger partial charge in [0.05, 0.1) is 17.1 Å². The normalized spacial score (nSPS) is 20.8. The number of rotatable bonds is 8. The highest BCUT2D eigenvalue weighted by atomic mass is 33.1. The van der Waals surface area contributed by atoms with Crippen LogP contribution in [0.4, 0.5) is 8.78 Å². The lowest BCUT2D eigenvalue weighted by atomic mass is 9.96. The lowest BCUT2D eigenvalue weighted by molar-refractivity contribution is 0.0395. The first-order valence-corrected chi connectivity index (χ1v) is 10.7. The van der Waals surface area contributed by atoms with Gasteiger partial charge in [-0.05, 0) is 37.3 Å². The van der Waals surface area contributed by atoms with Gasteiger partial charge >= 0.3 is 0 Å². The van der Waals surface area contributed by atoms with Crippen LogP contribution >= 0.6 is 21.6 Å². The Balaban J connectivity index is 1.68. The molecule has 3 rings (SSSR count). The molecule has 0 saturated carbocycles. The standard InChI is InChI=1S/C17H21F2N3O2S2/c1-11(7-13-3-2-6-24-13)16(23)17(22-10-20-9-21-22)26-25-15-5-4-12(18)8-14(15)19/h4-5,8-11,13,16-17,23H,2-3,6-7H2,1H3/t11-,13?,16-,17?/m1/s1. The molecule has 0 amide bonds. The minimum Gasteiger partial charge on any atom is -0.390 e. The molecule has 0 bridgehead atoms. The number of hydrogen-bond donors (Lipinski definition) is 1. The molecule has 2 aromatic rings. The molecule has 1 fully saturated rings. The molecule has 1 aromatic heterocycles. The first-order valence-electron chi connectivity index (χ1n) is 8.46. The van der Waals surface area contributed by atoms with Crippen LogP contribution < -0.4 is 0 Å². The molecule has 26 heavy (non-hydrogen) atoms. The van der Waals surface area contributed by atoms with Crippen molar-refractivity contribution in [2.24, 2.45) is 5.92 Å². The van der Waals surface area contributed by atoms with E-state index in [0.717, 1.165) is 42.7 Å². The highest BCUT2D eigenvalue weighted by Gasteiger charge is 2.31. The smallest absolute Gasteiger partial charge is 0.140 e.